The Bertz CT molecular complexity index is 1210. The Hall–Kier alpha value is -3.32. The van der Waals surface area contributed by atoms with Crippen LogP contribution in [0.4, 0.5) is 0 Å². The Morgan fingerprint density at radius 3 is 1.90 bits per heavy atom. The Morgan fingerprint density at radius 2 is 1.20 bits per heavy atom. The van der Waals surface area contributed by atoms with Gasteiger partial charge in [-0.3, -0.25) is 0 Å². The minimum Gasteiger partial charge on any atom is -0.354 e. The van der Waals surface area contributed by atoms with Crippen LogP contribution in [0, 0.1) is 6.92 Å². The van der Waals surface area contributed by atoms with E-state index in [1.54, 1.807) is 0 Å². The lowest BCUT2D eigenvalue weighted by Gasteiger charge is -2.06. The molecule has 0 aliphatic heterocycles. The molecule has 30 heavy (non-hydrogen) atoms. The van der Waals surface area contributed by atoms with Crippen LogP contribution in [-0.2, 0) is 0 Å². The first-order valence-corrected chi connectivity index (χ1v) is 11.0. The molecule has 4 aromatic carbocycles. The predicted octanol–water partition coefficient (Wildman–Crippen LogP) is 9.02. The van der Waals surface area contributed by atoms with Crippen molar-refractivity contribution >= 4 is 21.8 Å². The standard InChI is InChI=1S/C25H19N.2C2H6/c1-17-10-12-19(13-11-17)21-8-5-9-24-25(21)22-16-20(14-15-23(22)26-24)18-6-3-2-4-7-18;2*1-2/h2-16,26H,1H3;2*1-2H3. The highest BCUT2D eigenvalue weighted by atomic mass is 14.7. The number of hydrogen-bond donors (Lipinski definition) is 1. The van der Waals surface area contributed by atoms with Gasteiger partial charge in [-0.15, -0.1) is 0 Å². The Morgan fingerprint density at radius 1 is 0.533 bits per heavy atom. The molecule has 0 saturated carbocycles. The zero-order valence-corrected chi connectivity index (χ0v) is 18.7. The first-order valence-electron chi connectivity index (χ1n) is 11.0. The van der Waals surface area contributed by atoms with Gasteiger partial charge in [-0.1, -0.05) is 106 Å². The highest BCUT2D eigenvalue weighted by Gasteiger charge is 2.11. The molecular weight excluding hydrogens is 362 g/mol. The van der Waals surface area contributed by atoms with Crippen molar-refractivity contribution in [1.82, 2.24) is 4.98 Å². The van der Waals surface area contributed by atoms with Crippen molar-refractivity contribution in [2.75, 3.05) is 0 Å². The molecule has 1 heterocycles. The van der Waals surface area contributed by atoms with E-state index in [2.05, 4.69) is 103 Å². The summed E-state index contributed by atoms with van der Waals surface area (Å²) < 4.78 is 0. The van der Waals surface area contributed by atoms with Crippen LogP contribution in [0.3, 0.4) is 0 Å². The molecular formula is C29H31N. The average molecular weight is 394 g/mol. The molecule has 1 N–H and O–H groups in total. The summed E-state index contributed by atoms with van der Waals surface area (Å²) in [5.74, 6) is 0. The van der Waals surface area contributed by atoms with Crippen molar-refractivity contribution in [3.8, 4) is 22.3 Å². The van der Waals surface area contributed by atoms with E-state index in [1.165, 1.54) is 49.6 Å². The predicted molar refractivity (Wildman–Crippen MR) is 134 cm³/mol. The lowest BCUT2D eigenvalue weighted by atomic mass is 9.97. The summed E-state index contributed by atoms with van der Waals surface area (Å²) in [6.45, 7) is 10.1. The molecule has 0 atom stereocenters. The third-order valence-corrected chi connectivity index (χ3v) is 5.09. The van der Waals surface area contributed by atoms with E-state index in [0.29, 0.717) is 0 Å². The van der Waals surface area contributed by atoms with Crippen LogP contribution in [-0.4, -0.2) is 4.98 Å². The summed E-state index contributed by atoms with van der Waals surface area (Å²) in [5, 5.41) is 2.57. The quantitative estimate of drug-likeness (QED) is 0.308. The number of hydrogen-bond acceptors (Lipinski definition) is 0. The van der Waals surface area contributed by atoms with Gasteiger partial charge in [0.15, 0.2) is 0 Å². The highest BCUT2D eigenvalue weighted by molar-refractivity contribution is 6.15. The van der Waals surface area contributed by atoms with Crippen molar-refractivity contribution in [3.05, 3.63) is 96.6 Å². The van der Waals surface area contributed by atoms with Crippen LogP contribution in [0.2, 0.25) is 0 Å². The van der Waals surface area contributed by atoms with Gasteiger partial charge in [-0.2, -0.15) is 0 Å². The SMILES string of the molecule is CC.CC.Cc1ccc(-c2cccc3[nH]c4ccc(-c5ccccc5)cc4c23)cc1. The molecule has 0 aliphatic carbocycles. The lowest BCUT2D eigenvalue weighted by Crippen LogP contribution is -1.81. The van der Waals surface area contributed by atoms with Crippen molar-refractivity contribution < 1.29 is 0 Å². The molecule has 0 saturated heterocycles. The number of aryl methyl sites for hydroxylation is 1. The zero-order valence-electron chi connectivity index (χ0n) is 18.7. The molecule has 152 valence electrons. The molecule has 0 bridgehead atoms. The van der Waals surface area contributed by atoms with E-state index in [4.69, 9.17) is 0 Å². The Balaban J connectivity index is 0.000000606. The van der Waals surface area contributed by atoms with E-state index in [9.17, 15) is 0 Å². The largest absolute Gasteiger partial charge is 0.354 e. The molecule has 0 amide bonds. The number of aromatic amines is 1. The number of nitrogens with one attached hydrogen (secondary N) is 1. The maximum absolute atomic E-state index is 3.58. The lowest BCUT2D eigenvalue weighted by molar-refractivity contribution is 1.47. The number of aromatic nitrogens is 1. The normalized spacial score (nSPS) is 10.2. The minimum atomic E-state index is 1.18. The molecule has 0 aliphatic rings. The molecule has 1 heteroatoms. The molecule has 0 radical (unpaired) electrons. The molecule has 0 fully saturated rings. The van der Waals surface area contributed by atoms with Gasteiger partial charge in [-0.25, -0.2) is 0 Å². The molecule has 1 nitrogen and oxygen atoms in total. The fourth-order valence-corrected chi connectivity index (χ4v) is 3.74. The average Bonchev–Trinajstić information content (AvgIpc) is 3.21. The van der Waals surface area contributed by atoms with Crippen LogP contribution >= 0.6 is 0 Å². The van der Waals surface area contributed by atoms with Gasteiger partial charge < -0.3 is 4.98 Å². The van der Waals surface area contributed by atoms with Crippen LogP contribution in [0.5, 0.6) is 0 Å². The minimum absolute atomic E-state index is 1.18. The van der Waals surface area contributed by atoms with Crippen LogP contribution in [0.25, 0.3) is 44.1 Å². The summed E-state index contributed by atoms with van der Waals surface area (Å²) in [6, 6.07) is 32.5. The molecule has 5 rings (SSSR count). The van der Waals surface area contributed by atoms with Gasteiger partial charge in [0.25, 0.3) is 0 Å². The maximum Gasteiger partial charge on any atom is 0.0471 e. The number of H-pyrrole nitrogens is 1. The van der Waals surface area contributed by atoms with Gasteiger partial charge >= 0.3 is 0 Å². The Labute approximate surface area is 180 Å². The summed E-state index contributed by atoms with van der Waals surface area (Å²) in [6.07, 6.45) is 0. The van der Waals surface area contributed by atoms with Crippen LogP contribution in [0.1, 0.15) is 33.3 Å². The van der Waals surface area contributed by atoms with E-state index in [0.717, 1.165) is 0 Å². The molecule has 0 unspecified atom stereocenters. The molecule has 1 aromatic heterocycles. The number of fused-ring (bicyclic) bond motifs is 3. The third kappa shape index (κ3) is 4.16. The van der Waals surface area contributed by atoms with Crippen molar-refractivity contribution in [3.63, 3.8) is 0 Å². The van der Waals surface area contributed by atoms with Gasteiger partial charge in [0.2, 0.25) is 0 Å². The monoisotopic (exact) mass is 393 g/mol. The maximum atomic E-state index is 3.58. The van der Waals surface area contributed by atoms with Gasteiger partial charge in [0.1, 0.15) is 0 Å². The van der Waals surface area contributed by atoms with Crippen molar-refractivity contribution in [2.24, 2.45) is 0 Å². The molecule has 5 aromatic rings. The first-order chi connectivity index (χ1) is 14.8. The second-order valence-corrected chi connectivity index (χ2v) is 6.85. The van der Waals surface area contributed by atoms with Crippen molar-refractivity contribution in [1.29, 1.82) is 0 Å². The Kier molecular flexibility index (Phi) is 7.08. The molecule has 0 spiro atoms. The topological polar surface area (TPSA) is 15.8 Å². The van der Waals surface area contributed by atoms with Gasteiger partial charge in [0.05, 0.1) is 0 Å². The van der Waals surface area contributed by atoms with E-state index in [-0.39, 0.29) is 0 Å². The highest BCUT2D eigenvalue weighted by Crippen LogP contribution is 2.36. The number of rotatable bonds is 2. The van der Waals surface area contributed by atoms with Crippen LogP contribution < -0.4 is 0 Å². The summed E-state index contributed by atoms with van der Waals surface area (Å²) in [7, 11) is 0. The second-order valence-electron chi connectivity index (χ2n) is 6.85. The summed E-state index contributed by atoms with van der Waals surface area (Å²) in [4.78, 5) is 3.58. The smallest absolute Gasteiger partial charge is 0.0471 e. The fourth-order valence-electron chi connectivity index (χ4n) is 3.74. The van der Waals surface area contributed by atoms with Crippen LogP contribution in [0.15, 0.2) is 91.0 Å². The van der Waals surface area contributed by atoms with Crippen molar-refractivity contribution in [2.45, 2.75) is 34.6 Å². The van der Waals surface area contributed by atoms with E-state index in [1.807, 2.05) is 27.7 Å². The zero-order chi connectivity index (χ0) is 21.5. The van der Waals surface area contributed by atoms with E-state index < -0.39 is 0 Å². The van der Waals surface area contributed by atoms with Gasteiger partial charge in [-0.05, 0) is 47.4 Å². The second kappa shape index (κ2) is 9.93. The third-order valence-electron chi connectivity index (χ3n) is 5.09. The fraction of sp³-hybridized carbons (Fsp3) is 0.172. The summed E-state index contributed by atoms with van der Waals surface area (Å²) >= 11 is 0. The van der Waals surface area contributed by atoms with Gasteiger partial charge in [0, 0.05) is 21.8 Å². The van der Waals surface area contributed by atoms with E-state index >= 15 is 0 Å². The summed E-state index contributed by atoms with van der Waals surface area (Å²) in [5.41, 5.74) is 8.68. The first kappa shape index (κ1) is 21.4. The number of benzene rings is 4.